The van der Waals surface area contributed by atoms with Crippen molar-refractivity contribution in [1.29, 1.82) is 0 Å². The second-order valence-electron chi connectivity index (χ2n) is 2.60. The first-order valence-corrected chi connectivity index (χ1v) is 4.97. The van der Waals surface area contributed by atoms with Gasteiger partial charge in [-0.2, -0.15) is 0 Å². The molecule has 1 rings (SSSR count). The molecule has 66 valence electrons. The zero-order chi connectivity index (χ0) is 9.14. The van der Waals surface area contributed by atoms with Crippen molar-refractivity contribution in [3.8, 4) is 5.88 Å². The van der Waals surface area contributed by atoms with Crippen LogP contribution in [0.15, 0.2) is 11.0 Å². The SMILES string of the molecule is COc1nc(C)c(C)cc1SC. The molecule has 2 nitrogen and oxygen atoms in total. The van der Waals surface area contributed by atoms with Gasteiger partial charge >= 0.3 is 0 Å². The molecule has 0 saturated carbocycles. The summed E-state index contributed by atoms with van der Waals surface area (Å²) in [5.74, 6) is 0.727. The fourth-order valence-corrected chi connectivity index (χ4v) is 1.55. The van der Waals surface area contributed by atoms with Crippen LogP contribution in [0.25, 0.3) is 0 Å². The van der Waals surface area contributed by atoms with Crippen molar-refractivity contribution >= 4 is 11.8 Å². The van der Waals surface area contributed by atoms with Gasteiger partial charge in [-0.3, -0.25) is 0 Å². The molecule has 0 unspecified atom stereocenters. The molecule has 0 saturated heterocycles. The normalized spacial score (nSPS) is 10.0. The second-order valence-corrected chi connectivity index (χ2v) is 3.45. The smallest absolute Gasteiger partial charge is 0.227 e. The molecule has 0 aliphatic heterocycles. The maximum Gasteiger partial charge on any atom is 0.227 e. The van der Waals surface area contributed by atoms with Crippen LogP contribution in [-0.2, 0) is 0 Å². The van der Waals surface area contributed by atoms with E-state index in [9.17, 15) is 0 Å². The van der Waals surface area contributed by atoms with E-state index < -0.39 is 0 Å². The Hall–Kier alpha value is -0.700. The molecule has 0 aromatic carbocycles. The van der Waals surface area contributed by atoms with Gasteiger partial charge in [0.1, 0.15) is 0 Å². The number of nitrogens with zero attached hydrogens (tertiary/aromatic N) is 1. The predicted molar refractivity (Wildman–Crippen MR) is 52.0 cm³/mol. The van der Waals surface area contributed by atoms with Crippen molar-refractivity contribution in [3.05, 3.63) is 17.3 Å². The third-order valence-electron chi connectivity index (χ3n) is 1.81. The number of aromatic nitrogens is 1. The van der Waals surface area contributed by atoms with Gasteiger partial charge in [0.05, 0.1) is 12.0 Å². The monoisotopic (exact) mass is 183 g/mol. The minimum absolute atomic E-state index is 0.727. The zero-order valence-electron chi connectivity index (χ0n) is 7.84. The highest BCUT2D eigenvalue weighted by molar-refractivity contribution is 7.98. The molecule has 0 aliphatic carbocycles. The van der Waals surface area contributed by atoms with Gasteiger partial charge in [0, 0.05) is 5.69 Å². The molecule has 0 aliphatic rings. The summed E-state index contributed by atoms with van der Waals surface area (Å²) in [5, 5.41) is 0. The first-order valence-electron chi connectivity index (χ1n) is 3.75. The van der Waals surface area contributed by atoms with Gasteiger partial charge in [-0.15, -0.1) is 11.8 Å². The summed E-state index contributed by atoms with van der Waals surface area (Å²) in [6.07, 6.45) is 2.02. The third-order valence-corrected chi connectivity index (χ3v) is 2.54. The Kier molecular flexibility index (Phi) is 2.98. The molecule has 0 N–H and O–H groups in total. The number of pyridine rings is 1. The van der Waals surface area contributed by atoms with Crippen molar-refractivity contribution in [2.24, 2.45) is 0 Å². The van der Waals surface area contributed by atoms with Gasteiger partial charge in [-0.05, 0) is 31.7 Å². The summed E-state index contributed by atoms with van der Waals surface area (Å²) in [7, 11) is 1.65. The molecule has 0 radical (unpaired) electrons. The molecule has 1 aromatic rings. The molecular formula is C9H13NOS. The van der Waals surface area contributed by atoms with Gasteiger partial charge in [-0.1, -0.05) is 0 Å². The standard InChI is InChI=1S/C9H13NOS/c1-6-5-8(12-4)9(11-3)10-7(6)2/h5H,1-4H3. The maximum atomic E-state index is 5.14. The van der Waals surface area contributed by atoms with Crippen molar-refractivity contribution in [2.75, 3.05) is 13.4 Å². The molecule has 1 aromatic heterocycles. The van der Waals surface area contributed by atoms with Crippen LogP contribution in [-0.4, -0.2) is 18.3 Å². The Bertz CT molecular complexity index is 257. The van der Waals surface area contributed by atoms with E-state index in [-0.39, 0.29) is 0 Å². The number of methoxy groups -OCH3 is 1. The lowest BCUT2D eigenvalue weighted by atomic mass is 10.2. The summed E-state index contributed by atoms with van der Waals surface area (Å²) in [6, 6.07) is 2.10. The number of aryl methyl sites for hydroxylation is 2. The van der Waals surface area contributed by atoms with Gasteiger partial charge in [0.25, 0.3) is 0 Å². The number of thioether (sulfide) groups is 1. The largest absolute Gasteiger partial charge is 0.480 e. The van der Waals surface area contributed by atoms with Crippen LogP contribution in [0.4, 0.5) is 0 Å². The Morgan fingerprint density at radius 3 is 2.58 bits per heavy atom. The first-order chi connectivity index (χ1) is 5.69. The van der Waals surface area contributed by atoms with Crippen LogP contribution in [0.2, 0.25) is 0 Å². The second kappa shape index (κ2) is 3.81. The summed E-state index contributed by atoms with van der Waals surface area (Å²) in [4.78, 5) is 5.42. The fraction of sp³-hybridized carbons (Fsp3) is 0.444. The summed E-state index contributed by atoms with van der Waals surface area (Å²) in [6.45, 7) is 4.05. The summed E-state index contributed by atoms with van der Waals surface area (Å²) in [5.41, 5.74) is 2.24. The van der Waals surface area contributed by atoms with Crippen LogP contribution in [0.3, 0.4) is 0 Å². The highest BCUT2D eigenvalue weighted by Crippen LogP contribution is 2.26. The maximum absolute atomic E-state index is 5.14. The van der Waals surface area contributed by atoms with E-state index in [1.807, 2.05) is 13.2 Å². The predicted octanol–water partition coefficient (Wildman–Crippen LogP) is 2.43. The molecule has 3 heteroatoms. The average molecular weight is 183 g/mol. The minimum Gasteiger partial charge on any atom is -0.480 e. The van der Waals surface area contributed by atoms with Crippen molar-refractivity contribution in [1.82, 2.24) is 4.98 Å². The van der Waals surface area contributed by atoms with E-state index in [1.165, 1.54) is 5.56 Å². The van der Waals surface area contributed by atoms with E-state index in [4.69, 9.17) is 4.74 Å². The lowest BCUT2D eigenvalue weighted by Crippen LogP contribution is -1.94. The summed E-state index contributed by atoms with van der Waals surface area (Å²) >= 11 is 1.66. The molecule has 0 amide bonds. The van der Waals surface area contributed by atoms with Crippen molar-refractivity contribution in [2.45, 2.75) is 18.7 Å². The lowest BCUT2D eigenvalue weighted by Gasteiger charge is -2.07. The van der Waals surface area contributed by atoms with Gasteiger partial charge in [0.15, 0.2) is 0 Å². The minimum atomic E-state index is 0.727. The molecule has 12 heavy (non-hydrogen) atoms. The van der Waals surface area contributed by atoms with E-state index >= 15 is 0 Å². The third kappa shape index (κ3) is 1.72. The van der Waals surface area contributed by atoms with Crippen LogP contribution >= 0.6 is 11.8 Å². The number of hydrogen-bond donors (Lipinski definition) is 0. The quantitative estimate of drug-likeness (QED) is 0.657. The fourth-order valence-electron chi connectivity index (χ4n) is 0.951. The Morgan fingerprint density at radius 1 is 1.42 bits per heavy atom. The Balaban J connectivity index is 3.19. The van der Waals surface area contributed by atoms with E-state index in [2.05, 4.69) is 18.0 Å². The molecular weight excluding hydrogens is 170 g/mol. The van der Waals surface area contributed by atoms with Crippen LogP contribution < -0.4 is 4.74 Å². The van der Waals surface area contributed by atoms with Crippen molar-refractivity contribution in [3.63, 3.8) is 0 Å². The zero-order valence-corrected chi connectivity index (χ0v) is 8.66. The Morgan fingerprint density at radius 2 is 2.08 bits per heavy atom. The highest BCUT2D eigenvalue weighted by Gasteiger charge is 2.05. The topological polar surface area (TPSA) is 22.1 Å². The molecule has 0 bridgehead atoms. The van der Waals surface area contributed by atoms with E-state index in [0.717, 1.165) is 16.5 Å². The van der Waals surface area contributed by atoms with Crippen LogP contribution in [0.5, 0.6) is 5.88 Å². The van der Waals surface area contributed by atoms with Gasteiger partial charge < -0.3 is 4.74 Å². The van der Waals surface area contributed by atoms with Crippen LogP contribution in [0, 0.1) is 13.8 Å². The van der Waals surface area contributed by atoms with Gasteiger partial charge in [-0.25, -0.2) is 4.98 Å². The van der Waals surface area contributed by atoms with Gasteiger partial charge in [0.2, 0.25) is 5.88 Å². The number of hydrogen-bond acceptors (Lipinski definition) is 3. The number of rotatable bonds is 2. The molecule has 0 atom stereocenters. The molecule has 1 heterocycles. The number of ether oxygens (including phenoxy) is 1. The van der Waals surface area contributed by atoms with Crippen LogP contribution in [0.1, 0.15) is 11.3 Å². The average Bonchev–Trinajstić information content (AvgIpc) is 2.09. The molecule has 0 spiro atoms. The van der Waals surface area contributed by atoms with Crippen molar-refractivity contribution < 1.29 is 4.74 Å². The highest BCUT2D eigenvalue weighted by atomic mass is 32.2. The van der Waals surface area contributed by atoms with E-state index in [0.29, 0.717) is 0 Å². The first kappa shape index (κ1) is 9.39. The lowest BCUT2D eigenvalue weighted by molar-refractivity contribution is 0.386. The molecule has 0 fully saturated rings. The van der Waals surface area contributed by atoms with E-state index in [1.54, 1.807) is 18.9 Å². The Labute approximate surface area is 77.3 Å². The summed E-state index contributed by atoms with van der Waals surface area (Å²) < 4.78 is 5.14.